The van der Waals surface area contributed by atoms with Crippen molar-refractivity contribution < 1.29 is 5.11 Å². The van der Waals surface area contributed by atoms with Crippen LogP contribution in [0.3, 0.4) is 0 Å². The summed E-state index contributed by atoms with van der Waals surface area (Å²) in [6.07, 6.45) is 5.26. The molecule has 0 saturated heterocycles. The summed E-state index contributed by atoms with van der Waals surface area (Å²) < 4.78 is 0. The van der Waals surface area contributed by atoms with E-state index >= 15 is 0 Å². The molecule has 17 heavy (non-hydrogen) atoms. The molecule has 1 aromatic carbocycles. The zero-order chi connectivity index (χ0) is 11.6. The molecule has 0 fully saturated rings. The summed E-state index contributed by atoms with van der Waals surface area (Å²) in [6.45, 7) is 2.29. The van der Waals surface area contributed by atoms with Crippen LogP contribution in [-0.4, -0.2) is 24.5 Å². The summed E-state index contributed by atoms with van der Waals surface area (Å²) in [5.41, 5.74) is 1.33. The lowest BCUT2D eigenvalue weighted by molar-refractivity contribution is 0.283. The zero-order valence-electron chi connectivity index (χ0n) is 10.3. The van der Waals surface area contributed by atoms with Crippen LogP contribution >= 0.6 is 24.2 Å². The van der Waals surface area contributed by atoms with E-state index in [-0.39, 0.29) is 12.4 Å². The van der Waals surface area contributed by atoms with Crippen molar-refractivity contribution in [3.63, 3.8) is 0 Å². The molecule has 0 atom stereocenters. The van der Waals surface area contributed by atoms with Gasteiger partial charge in [0.1, 0.15) is 0 Å². The van der Waals surface area contributed by atoms with E-state index in [1.54, 1.807) is 11.8 Å². The maximum absolute atomic E-state index is 8.63. The van der Waals surface area contributed by atoms with Gasteiger partial charge < -0.3 is 10.4 Å². The van der Waals surface area contributed by atoms with Gasteiger partial charge in [0, 0.05) is 18.0 Å². The van der Waals surface area contributed by atoms with E-state index < -0.39 is 0 Å². The minimum atomic E-state index is 0. The second kappa shape index (κ2) is 10.9. The summed E-state index contributed by atoms with van der Waals surface area (Å²) in [4.78, 5) is 1.31. The van der Waals surface area contributed by atoms with Gasteiger partial charge >= 0.3 is 0 Å². The smallest absolute Gasteiger partial charge is 0.0431 e. The molecule has 0 aliphatic carbocycles. The molecule has 0 radical (unpaired) electrons. The van der Waals surface area contributed by atoms with Crippen LogP contribution in [0.15, 0.2) is 29.2 Å². The molecule has 2 N–H and O–H groups in total. The van der Waals surface area contributed by atoms with Crippen molar-refractivity contribution in [2.24, 2.45) is 0 Å². The second-order valence-electron chi connectivity index (χ2n) is 3.81. The Balaban J connectivity index is 0.00000256. The van der Waals surface area contributed by atoms with Gasteiger partial charge in [0.05, 0.1) is 0 Å². The van der Waals surface area contributed by atoms with E-state index in [4.69, 9.17) is 5.11 Å². The van der Waals surface area contributed by atoms with Crippen LogP contribution in [0.2, 0.25) is 0 Å². The minimum absolute atomic E-state index is 0. The van der Waals surface area contributed by atoms with Gasteiger partial charge in [0.2, 0.25) is 0 Å². The standard InChI is InChI=1S/C13H21NOS.ClH/c1-16-13-7-5-12(6-8-13)11-14-9-3-2-4-10-15;/h5-8,14-15H,2-4,9-11H2,1H3;1H. The topological polar surface area (TPSA) is 32.3 Å². The molecule has 2 nitrogen and oxygen atoms in total. The summed E-state index contributed by atoms with van der Waals surface area (Å²) in [7, 11) is 0. The molecule has 1 aromatic rings. The molecule has 0 bridgehead atoms. The number of rotatable bonds is 8. The largest absolute Gasteiger partial charge is 0.396 e. The highest BCUT2D eigenvalue weighted by Crippen LogP contribution is 2.14. The molecule has 0 heterocycles. The first-order valence-electron chi connectivity index (χ1n) is 5.81. The van der Waals surface area contributed by atoms with Crippen LogP contribution in [0.5, 0.6) is 0 Å². The van der Waals surface area contributed by atoms with E-state index in [0.29, 0.717) is 6.61 Å². The van der Waals surface area contributed by atoms with Crippen molar-refractivity contribution in [2.45, 2.75) is 30.7 Å². The fraction of sp³-hybridized carbons (Fsp3) is 0.538. The number of benzene rings is 1. The molecule has 0 saturated carbocycles. The fourth-order valence-electron chi connectivity index (χ4n) is 1.51. The Kier molecular flexibility index (Phi) is 10.8. The van der Waals surface area contributed by atoms with E-state index in [0.717, 1.165) is 32.4 Å². The van der Waals surface area contributed by atoms with Gasteiger partial charge in [-0.25, -0.2) is 0 Å². The molecule has 0 unspecified atom stereocenters. The maximum Gasteiger partial charge on any atom is 0.0431 e. The molecule has 98 valence electrons. The lowest BCUT2D eigenvalue weighted by atomic mass is 10.2. The molecule has 4 heteroatoms. The highest BCUT2D eigenvalue weighted by Gasteiger charge is 1.93. The number of unbranched alkanes of at least 4 members (excludes halogenated alkanes) is 2. The summed E-state index contributed by atoms with van der Waals surface area (Å²) in [6, 6.07) is 8.67. The predicted molar refractivity (Wildman–Crippen MR) is 78.1 cm³/mol. The average molecular weight is 276 g/mol. The minimum Gasteiger partial charge on any atom is -0.396 e. The Labute approximate surface area is 115 Å². The monoisotopic (exact) mass is 275 g/mol. The molecular weight excluding hydrogens is 254 g/mol. The van der Waals surface area contributed by atoms with E-state index in [2.05, 4.69) is 35.8 Å². The van der Waals surface area contributed by atoms with E-state index in [1.165, 1.54) is 10.5 Å². The fourth-order valence-corrected chi connectivity index (χ4v) is 1.92. The Bertz CT molecular complexity index is 279. The van der Waals surface area contributed by atoms with Crippen molar-refractivity contribution in [1.29, 1.82) is 0 Å². The molecule has 0 aromatic heterocycles. The van der Waals surface area contributed by atoms with E-state index in [1.807, 2.05) is 0 Å². The van der Waals surface area contributed by atoms with Gasteiger partial charge in [-0.3, -0.25) is 0 Å². The zero-order valence-corrected chi connectivity index (χ0v) is 11.9. The predicted octanol–water partition coefficient (Wildman–Crippen LogP) is 3.08. The molecule has 0 amide bonds. The number of nitrogens with one attached hydrogen (secondary N) is 1. The molecule has 0 aliphatic rings. The van der Waals surface area contributed by atoms with Crippen molar-refractivity contribution in [2.75, 3.05) is 19.4 Å². The molecule has 1 rings (SSSR count). The van der Waals surface area contributed by atoms with Crippen LogP contribution in [-0.2, 0) is 6.54 Å². The van der Waals surface area contributed by atoms with Crippen LogP contribution in [0.1, 0.15) is 24.8 Å². The van der Waals surface area contributed by atoms with Gasteiger partial charge in [-0.05, 0) is 49.8 Å². The lowest BCUT2D eigenvalue weighted by Crippen LogP contribution is -2.14. The van der Waals surface area contributed by atoms with Crippen molar-refractivity contribution in [3.05, 3.63) is 29.8 Å². The summed E-state index contributed by atoms with van der Waals surface area (Å²) >= 11 is 1.77. The van der Waals surface area contributed by atoms with Crippen LogP contribution in [0.25, 0.3) is 0 Å². The highest BCUT2D eigenvalue weighted by molar-refractivity contribution is 7.98. The Morgan fingerprint density at radius 3 is 2.41 bits per heavy atom. The Hall–Kier alpha value is -0.220. The molecule has 0 spiro atoms. The van der Waals surface area contributed by atoms with Gasteiger partial charge in [-0.2, -0.15) is 0 Å². The first kappa shape index (κ1) is 16.8. The summed E-state index contributed by atoms with van der Waals surface area (Å²) in [5, 5.41) is 12.0. The lowest BCUT2D eigenvalue weighted by Gasteiger charge is -2.05. The number of hydrogen-bond donors (Lipinski definition) is 2. The van der Waals surface area contributed by atoms with Crippen LogP contribution < -0.4 is 5.32 Å². The van der Waals surface area contributed by atoms with Crippen molar-refractivity contribution >= 4 is 24.2 Å². The SMILES string of the molecule is CSc1ccc(CNCCCCCO)cc1.Cl. The Morgan fingerprint density at radius 2 is 1.82 bits per heavy atom. The molecular formula is C13H22ClNOS. The average Bonchev–Trinajstić information content (AvgIpc) is 2.34. The first-order chi connectivity index (χ1) is 7.86. The molecule has 0 aliphatic heterocycles. The number of thioether (sulfide) groups is 1. The van der Waals surface area contributed by atoms with E-state index in [9.17, 15) is 0 Å². The third-order valence-electron chi connectivity index (χ3n) is 2.50. The highest BCUT2D eigenvalue weighted by atomic mass is 35.5. The number of hydrogen-bond acceptors (Lipinski definition) is 3. The normalized spacial score (nSPS) is 10.0. The van der Waals surface area contributed by atoms with Crippen LogP contribution in [0, 0.1) is 0 Å². The van der Waals surface area contributed by atoms with Crippen LogP contribution in [0.4, 0.5) is 0 Å². The van der Waals surface area contributed by atoms with Crippen molar-refractivity contribution in [1.82, 2.24) is 5.32 Å². The van der Waals surface area contributed by atoms with Gasteiger partial charge in [0.25, 0.3) is 0 Å². The quantitative estimate of drug-likeness (QED) is 0.565. The third-order valence-corrected chi connectivity index (χ3v) is 3.24. The second-order valence-corrected chi connectivity index (χ2v) is 4.69. The number of halogens is 1. The maximum atomic E-state index is 8.63. The van der Waals surface area contributed by atoms with Gasteiger partial charge in [-0.15, -0.1) is 24.2 Å². The summed E-state index contributed by atoms with van der Waals surface area (Å²) in [5.74, 6) is 0. The van der Waals surface area contributed by atoms with Gasteiger partial charge in [-0.1, -0.05) is 12.1 Å². The Morgan fingerprint density at radius 1 is 1.12 bits per heavy atom. The first-order valence-corrected chi connectivity index (χ1v) is 7.04. The number of aliphatic hydroxyl groups is 1. The van der Waals surface area contributed by atoms with Crippen molar-refractivity contribution in [3.8, 4) is 0 Å². The third kappa shape index (κ3) is 7.66. The number of aliphatic hydroxyl groups excluding tert-OH is 1. The van der Waals surface area contributed by atoms with Gasteiger partial charge in [0.15, 0.2) is 0 Å².